The molecule has 5 aliphatic rings. The number of pyridine rings is 1. The minimum Gasteiger partial charge on any atom is -0.338 e. The van der Waals surface area contributed by atoms with Crippen LogP contribution in [-0.2, 0) is 5.41 Å². The van der Waals surface area contributed by atoms with Crippen molar-refractivity contribution in [1.82, 2.24) is 14.5 Å². The molecule has 0 N–H and O–H groups in total. The largest absolute Gasteiger partial charge is 0.338 e. The molecule has 1 aliphatic heterocycles. The van der Waals surface area contributed by atoms with Crippen molar-refractivity contribution in [3.8, 4) is 0 Å². The molecule has 4 heteroatoms. The van der Waals surface area contributed by atoms with Crippen LogP contribution in [0.3, 0.4) is 0 Å². The number of aromatic nitrogens is 2. The van der Waals surface area contributed by atoms with Gasteiger partial charge >= 0.3 is 0 Å². The van der Waals surface area contributed by atoms with Crippen molar-refractivity contribution in [2.45, 2.75) is 63.3 Å². The summed E-state index contributed by atoms with van der Waals surface area (Å²) in [6.45, 7) is 3.19. The van der Waals surface area contributed by atoms with E-state index in [9.17, 15) is 0 Å². The van der Waals surface area contributed by atoms with E-state index in [1.807, 2.05) is 12.3 Å². The van der Waals surface area contributed by atoms with Gasteiger partial charge in [-0.1, -0.05) is 79.8 Å². The average Bonchev–Trinajstić information content (AvgIpc) is 3.45. The number of hydrogen-bond acceptors (Lipinski definition) is 3. The first-order valence-electron chi connectivity index (χ1n) is 16.6. The molecule has 1 aromatic carbocycles. The highest BCUT2D eigenvalue weighted by Gasteiger charge is 2.30. The van der Waals surface area contributed by atoms with Crippen LogP contribution in [0.4, 0.5) is 0 Å². The molecule has 0 saturated carbocycles. The van der Waals surface area contributed by atoms with E-state index in [0.717, 1.165) is 68.5 Å². The maximum Gasteiger partial charge on any atom is 0.146 e. The quantitative estimate of drug-likeness (QED) is 0.297. The topological polar surface area (TPSA) is 33.4 Å². The molecular weight excluding hydrogens is 548 g/mol. The maximum absolute atomic E-state index is 4.83. The molecule has 2 atom stereocenters. The predicted molar refractivity (Wildman–Crippen MR) is 188 cm³/mol. The van der Waals surface area contributed by atoms with Gasteiger partial charge in [0.05, 0.1) is 11.6 Å². The number of hydrogen-bond donors (Lipinski definition) is 0. The standard InChI is InChI=1S/C41H40N4/c1-41(32-19-22-38-37(29-32)36-15-10-28-43-40(36)45(38)39-16-8-9-27-42-39)25-23-35(24-26-41)44(33-13-6-3-7-14-33)34-20-17-31(18-21-34)30-11-4-2-5-12-30/h3-4,6-8,10-13,15-17,19-20,22-25,28-29,33H,2,5,9,14,18,21,26-27H2,1H3. The Hall–Kier alpha value is -4.70. The molecular formula is C41H40N4. The van der Waals surface area contributed by atoms with E-state index in [1.54, 1.807) is 0 Å². The normalized spacial score (nSPS) is 24.4. The number of nitrogens with zero attached hydrogens (tertiary/aromatic N) is 4. The average molecular weight is 589 g/mol. The number of fused-ring (bicyclic) bond motifs is 3. The molecule has 0 fully saturated rings. The molecule has 45 heavy (non-hydrogen) atoms. The summed E-state index contributed by atoms with van der Waals surface area (Å²) in [6, 6.07) is 11.5. The SMILES string of the molecule is CC1(c2ccc3c(c2)c2cccnc2n3C2=NCCC=C2)C=CC(N(C2=CC=C(C3=CCCC=C3)CC2)C2C=CC=CC2)=CC1. The second-order valence-corrected chi connectivity index (χ2v) is 12.9. The Bertz CT molecular complexity index is 1980. The number of dihydropyridines is 1. The summed E-state index contributed by atoms with van der Waals surface area (Å²) in [4.78, 5) is 12.2. The summed E-state index contributed by atoms with van der Waals surface area (Å²) in [6.07, 6.45) is 41.7. The van der Waals surface area contributed by atoms with Crippen LogP contribution in [0, 0.1) is 0 Å². The molecule has 2 unspecified atom stereocenters. The molecule has 3 aromatic rings. The van der Waals surface area contributed by atoms with Gasteiger partial charge in [0.1, 0.15) is 11.5 Å². The Morgan fingerprint density at radius 3 is 2.62 bits per heavy atom. The first kappa shape index (κ1) is 27.8. The van der Waals surface area contributed by atoms with Gasteiger partial charge in [-0.05, 0) is 104 Å². The molecule has 2 aromatic heterocycles. The van der Waals surface area contributed by atoms with E-state index in [0.29, 0.717) is 6.04 Å². The summed E-state index contributed by atoms with van der Waals surface area (Å²) in [5.74, 6) is 0.974. The third-order valence-corrected chi connectivity index (χ3v) is 9.98. The lowest BCUT2D eigenvalue weighted by atomic mass is 9.76. The summed E-state index contributed by atoms with van der Waals surface area (Å²) in [5, 5.41) is 2.41. The van der Waals surface area contributed by atoms with E-state index in [1.165, 1.54) is 38.9 Å². The first-order valence-corrected chi connectivity index (χ1v) is 16.6. The molecule has 0 spiro atoms. The molecule has 4 nitrogen and oxygen atoms in total. The Morgan fingerprint density at radius 1 is 0.911 bits per heavy atom. The highest BCUT2D eigenvalue weighted by atomic mass is 15.2. The molecule has 4 aliphatic carbocycles. The van der Waals surface area contributed by atoms with E-state index in [-0.39, 0.29) is 5.41 Å². The van der Waals surface area contributed by atoms with Crippen LogP contribution in [0.5, 0.6) is 0 Å². The maximum atomic E-state index is 4.83. The van der Waals surface area contributed by atoms with Gasteiger partial charge < -0.3 is 4.90 Å². The summed E-state index contributed by atoms with van der Waals surface area (Å²) in [7, 11) is 0. The van der Waals surface area contributed by atoms with Crippen molar-refractivity contribution in [1.29, 1.82) is 0 Å². The fourth-order valence-electron chi connectivity index (χ4n) is 7.44. The van der Waals surface area contributed by atoms with E-state index < -0.39 is 0 Å². The van der Waals surface area contributed by atoms with E-state index >= 15 is 0 Å². The van der Waals surface area contributed by atoms with Crippen molar-refractivity contribution in [2.24, 2.45) is 4.99 Å². The molecule has 8 rings (SSSR count). The highest BCUT2D eigenvalue weighted by molar-refractivity contribution is 6.15. The lowest BCUT2D eigenvalue weighted by Crippen LogP contribution is -2.34. The van der Waals surface area contributed by atoms with Crippen LogP contribution in [0.25, 0.3) is 21.9 Å². The van der Waals surface area contributed by atoms with Crippen LogP contribution in [0.2, 0.25) is 0 Å². The highest BCUT2D eigenvalue weighted by Crippen LogP contribution is 2.40. The lowest BCUT2D eigenvalue weighted by molar-refractivity contribution is 0.352. The molecule has 0 bridgehead atoms. The lowest BCUT2D eigenvalue weighted by Gasteiger charge is -2.39. The van der Waals surface area contributed by atoms with Crippen LogP contribution in [0.1, 0.15) is 57.4 Å². The van der Waals surface area contributed by atoms with Crippen molar-refractivity contribution >= 4 is 27.8 Å². The summed E-state index contributed by atoms with van der Waals surface area (Å²) in [5.41, 5.74) is 8.96. The zero-order valence-electron chi connectivity index (χ0n) is 26.1. The molecule has 0 saturated heterocycles. The second-order valence-electron chi connectivity index (χ2n) is 12.9. The molecule has 3 heterocycles. The molecule has 224 valence electrons. The third-order valence-electron chi connectivity index (χ3n) is 9.98. The number of benzene rings is 1. The van der Waals surface area contributed by atoms with Crippen LogP contribution in [-0.4, -0.2) is 32.9 Å². The Kier molecular flexibility index (Phi) is 7.21. The van der Waals surface area contributed by atoms with Gasteiger partial charge in [-0.25, -0.2) is 4.98 Å². The molecule has 0 amide bonds. The second kappa shape index (κ2) is 11.7. The zero-order valence-corrected chi connectivity index (χ0v) is 26.1. The van der Waals surface area contributed by atoms with Gasteiger partial charge in [-0.3, -0.25) is 9.56 Å². The van der Waals surface area contributed by atoms with E-state index in [2.05, 4.69) is 126 Å². The molecule has 0 radical (unpaired) electrons. The zero-order chi connectivity index (χ0) is 30.2. The van der Waals surface area contributed by atoms with Crippen molar-refractivity contribution < 1.29 is 0 Å². The van der Waals surface area contributed by atoms with Crippen LogP contribution >= 0.6 is 0 Å². The van der Waals surface area contributed by atoms with Gasteiger partial charge in [-0.15, -0.1) is 0 Å². The first-order chi connectivity index (χ1) is 22.2. The monoisotopic (exact) mass is 588 g/mol. The van der Waals surface area contributed by atoms with Crippen LogP contribution < -0.4 is 0 Å². The minimum absolute atomic E-state index is 0.0988. The van der Waals surface area contributed by atoms with Gasteiger partial charge in [0.2, 0.25) is 0 Å². The number of rotatable bonds is 5. The fraction of sp³-hybridized carbons (Fsp3) is 0.268. The Labute approximate surface area is 266 Å². The van der Waals surface area contributed by atoms with Crippen LogP contribution in [0.15, 0.2) is 149 Å². The number of allylic oxidation sites excluding steroid dienone is 14. The Morgan fingerprint density at radius 2 is 1.87 bits per heavy atom. The van der Waals surface area contributed by atoms with Gasteiger partial charge in [0.25, 0.3) is 0 Å². The van der Waals surface area contributed by atoms with Gasteiger partial charge in [0.15, 0.2) is 0 Å². The third kappa shape index (κ3) is 5.12. The minimum atomic E-state index is -0.0988. The van der Waals surface area contributed by atoms with E-state index in [4.69, 9.17) is 9.98 Å². The van der Waals surface area contributed by atoms with Gasteiger partial charge in [-0.2, -0.15) is 0 Å². The summed E-state index contributed by atoms with van der Waals surface area (Å²) < 4.78 is 2.23. The Balaban J connectivity index is 1.12. The smallest absolute Gasteiger partial charge is 0.146 e. The fourth-order valence-corrected chi connectivity index (χ4v) is 7.44. The predicted octanol–water partition coefficient (Wildman–Crippen LogP) is 9.56. The van der Waals surface area contributed by atoms with Crippen molar-refractivity contribution in [3.63, 3.8) is 0 Å². The van der Waals surface area contributed by atoms with Crippen molar-refractivity contribution in [3.05, 3.63) is 150 Å². The number of aliphatic imine (C=N–C) groups is 1. The van der Waals surface area contributed by atoms with Gasteiger partial charge in [0, 0.05) is 40.3 Å². The van der Waals surface area contributed by atoms with Crippen molar-refractivity contribution in [2.75, 3.05) is 6.54 Å². The summed E-state index contributed by atoms with van der Waals surface area (Å²) >= 11 is 0.